The number of carbonyl (C=O) groups excluding carboxylic acids is 1. The third-order valence-electron chi connectivity index (χ3n) is 2.15. The van der Waals surface area contributed by atoms with Gasteiger partial charge >= 0.3 is 12.6 Å². The van der Waals surface area contributed by atoms with E-state index in [1.807, 2.05) is 22.6 Å². The highest BCUT2D eigenvalue weighted by Crippen LogP contribution is 2.28. The van der Waals surface area contributed by atoms with E-state index in [2.05, 4.69) is 4.74 Å². The van der Waals surface area contributed by atoms with Crippen LogP contribution in [0.2, 0.25) is 0 Å². The van der Waals surface area contributed by atoms with Crippen molar-refractivity contribution in [1.82, 2.24) is 0 Å². The molecule has 0 atom stereocenters. The fourth-order valence-electron chi connectivity index (χ4n) is 1.40. The number of hydrogen-bond acceptors (Lipinski definition) is 4. The molecule has 0 N–H and O–H groups in total. The molecular weight excluding hydrogens is 371 g/mol. The van der Waals surface area contributed by atoms with Crippen LogP contribution in [0.25, 0.3) is 0 Å². The predicted octanol–water partition coefficient (Wildman–Crippen LogP) is 2.87. The zero-order valence-electron chi connectivity index (χ0n) is 9.95. The molecule has 0 saturated heterocycles. The minimum Gasteiger partial charge on any atom is -0.466 e. The molecule has 1 rings (SSSR count). The third-order valence-corrected chi connectivity index (χ3v) is 3.38. The quantitative estimate of drug-likeness (QED) is 0.582. The Morgan fingerprint density at radius 1 is 1.53 bits per heavy atom. The van der Waals surface area contributed by atoms with E-state index >= 15 is 0 Å². The normalized spacial score (nSPS) is 10.1. The van der Waals surface area contributed by atoms with Gasteiger partial charge in [-0.15, -0.1) is 0 Å². The van der Waals surface area contributed by atoms with Crippen LogP contribution >= 0.6 is 22.6 Å². The van der Waals surface area contributed by atoms with E-state index in [0.29, 0.717) is 9.13 Å². The second-order valence-electron chi connectivity index (χ2n) is 3.38. The summed E-state index contributed by atoms with van der Waals surface area (Å²) in [5, 5.41) is 8.98. The minimum absolute atomic E-state index is 0.0114. The molecule has 0 aromatic heterocycles. The Balaban J connectivity index is 3.04. The average Bonchev–Trinajstić information content (AvgIpc) is 2.33. The fourth-order valence-corrected chi connectivity index (χ4v) is 2.16. The van der Waals surface area contributed by atoms with Crippen LogP contribution < -0.4 is 4.74 Å². The van der Waals surface area contributed by atoms with Crippen molar-refractivity contribution in [2.45, 2.75) is 20.0 Å². The summed E-state index contributed by atoms with van der Waals surface area (Å²) < 4.78 is 33.8. The number of nitrogens with zero attached hydrogens (tertiary/aromatic N) is 1. The second kappa shape index (κ2) is 7.23. The summed E-state index contributed by atoms with van der Waals surface area (Å²) in [7, 11) is 0. The van der Waals surface area contributed by atoms with E-state index < -0.39 is 12.6 Å². The zero-order valence-corrected chi connectivity index (χ0v) is 12.1. The first-order valence-electron chi connectivity index (χ1n) is 5.31. The highest BCUT2D eigenvalue weighted by Gasteiger charge is 2.17. The molecule has 7 heteroatoms. The molecule has 0 heterocycles. The molecule has 0 aliphatic carbocycles. The van der Waals surface area contributed by atoms with Gasteiger partial charge in [-0.3, -0.25) is 4.79 Å². The highest BCUT2D eigenvalue weighted by molar-refractivity contribution is 14.1. The molecule has 1 aromatic rings. The van der Waals surface area contributed by atoms with Gasteiger partial charge in [0.15, 0.2) is 0 Å². The summed E-state index contributed by atoms with van der Waals surface area (Å²) in [5.41, 5.74) is 0.528. The Labute approximate surface area is 122 Å². The van der Waals surface area contributed by atoms with Crippen LogP contribution in [-0.2, 0) is 16.0 Å². The van der Waals surface area contributed by atoms with Gasteiger partial charge in [0.2, 0.25) is 0 Å². The van der Waals surface area contributed by atoms with Crippen LogP contribution in [0.1, 0.15) is 18.1 Å². The monoisotopic (exact) mass is 381 g/mol. The average molecular weight is 381 g/mol. The fraction of sp³-hybridized carbons (Fsp3) is 0.333. The SMILES string of the molecule is CCOC(=O)Cc1ccc(OC(F)F)c(C#N)c1I. The lowest BCUT2D eigenvalue weighted by Crippen LogP contribution is -2.10. The molecule has 1 aromatic carbocycles. The number of halogens is 3. The van der Waals surface area contributed by atoms with Gasteiger partial charge in [-0.1, -0.05) is 6.07 Å². The molecule has 0 fully saturated rings. The van der Waals surface area contributed by atoms with E-state index in [9.17, 15) is 13.6 Å². The summed E-state index contributed by atoms with van der Waals surface area (Å²) in [6.45, 7) is -1.06. The van der Waals surface area contributed by atoms with Gasteiger partial charge in [0.05, 0.1) is 13.0 Å². The molecule has 0 amide bonds. The maximum atomic E-state index is 12.2. The molecule has 19 heavy (non-hydrogen) atoms. The van der Waals surface area contributed by atoms with Crippen LogP contribution in [-0.4, -0.2) is 19.2 Å². The number of carbonyl (C=O) groups is 1. The Bertz CT molecular complexity index is 514. The van der Waals surface area contributed by atoms with Crippen LogP contribution in [0, 0.1) is 14.9 Å². The Kier molecular flexibility index (Phi) is 5.95. The smallest absolute Gasteiger partial charge is 0.387 e. The highest BCUT2D eigenvalue weighted by atomic mass is 127. The van der Waals surface area contributed by atoms with Crippen molar-refractivity contribution in [1.29, 1.82) is 5.26 Å². The van der Waals surface area contributed by atoms with Crippen LogP contribution in [0.4, 0.5) is 8.78 Å². The number of ether oxygens (including phenoxy) is 2. The van der Waals surface area contributed by atoms with Crippen LogP contribution in [0.15, 0.2) is 12.1 Å². The largest absolute Gasteiger partial charge is 0.466 e. The van der Waals surface area contributed by atoms with Crippen molar-refractivity contribution in [2.24, 2.45) is 0 Å². The van der Waals surface area contributed by atoms with Gasteiger partial charge in [0, 0.05) is 3.57 Å². The van der Waals surface area contributed by atoms with E-state index in [-0.39, 0.29) is 24.3 Å². The molecule has 0 aliphatic heterocycles. The molecule has 0 saturated carbocycles. The van der Waals surface area contributed by atoms with E-state index in [1.165, 1.54) is 12.1 Å². The van der Waals surface area contributed by atoms with Gasteiger partial charge in [-0.05, 0) is 41.1 Å². The standard InChI is InChI=1S/C12H10F2INO3/c1-2-18-10(17)5-7-3-4-9(19-12(13)14)8(6-16)11(7)15/h3-4,12H,2,5H2,1H3. The summed E-state index contributed by atoms with van der Waals surface area (Å²) in [6, 6.07) is 4.52. The molecule has 0 aliphatic rings. The Hall–Kier alpha value is -1.43. The van der Waals surface area contributed by atoms with E-state index in [4.69, 9.17) is 10.00 Å². The third kappa shape index (κ3) is 4.31. The van der Waals surface area contributed by atoms with Crippen molar-refractivity contribution in [3.8, 4) is 11.8 Å². The van der Waals surface area contributed by atoms with Crippen molar-refractivity contribution >= 4 is 28.6 Å². The summed E-state index contributed by atoms with van der Waals surface area (Å²) in [5.74, 6) is -0.638. The van der Waals surface area contributed by atoms with Crippen LogP contribution in [0.5, 0.6) is 5.75 Å². The van der Waals surface area contributed by atoms with E-state index in [0.717, 1.165) is 0 Å². The van der Waals surface area contributed by atoms with Crippen molar-refractivity contribution in [2.75, 3.05) is 6.61 Å². The summed E-state index contributed by atoms with van der Waals surface area (Å²) >= 11 is 1.82. The lowest BCUT2D eigenvalue weighted by atomic mass is 10.1. The van der Waals surface area contributed by atoms with Crippen molar-refractivity contribution < 1.29 is 23.0 Å². The van der Waals surface area contributed by atoms with Gasteiger partial charge in [-0.25, -0.2) is 0 Å². The Morgan fingerprint density at radius 3 is 2.74 bits per heavy atom. The molecule has 0 unspecified atom stereocenters. The van der Waals surface area contributed by atoms with Gasteiger partial charge in [0.1, 0.15) is 17.4 Å². The number of esters is 1. The lowest BCUT2D eigenvalue weighted by molar-refractivity contribution is -0.142. The van der Waals surface area contributed by atoms with E-state index in [1.54, 1.807) is 13.0 Å². The molecule has 0 spiro atoms. The van der Waals surface area contributed by atoms with Gasteiger partial charge < -0.3 is 9.47 Å². The number of alkyl halides is 2. The lowest BCUT2D eigenvalue weighted by Gasteiger charge is -2.11. The second-order valence-corrected chi connectivity index (χ2v) is 4.46. The number of hydrogen-bond donors (Lipinski definition) is 0. The predicted molar refractivity (Wildman–Crippen MR) is 70.8 cm³/mol. The molecule has 0 radical (unpaired) electrons. The van der Waals surface area contributed by atoms with Crippen molar-refractivity contribution in [3.63, 3.8) is 0 Å². The van der Waals surface area contributed by atoms with Crippen LogP contribution in [0.3, 0.4) is 0 Å². The molecule has 4 nitrogen and oxygen atoms in total. The Morgan fingerprint density at radius 2 is 2.21 bits per heavy atom. The van der Waals surface area contributed by atoms with Gasteiger partial charge in [0.25, 0.3) is 0 Å². The number of rotatable bonds is 5. The first kappa shape index (κ1) is 15.6. The minimum atomic E-state index is -3.00. The first-order chi connectivity index (χ1) is 8.99. The zero-order chi connectivity index (χ0) is 14.4. The van der Waals surface area contributed by atoms with Gasteiger partial charge in [-0.2, -0.15) is 14.0 Å². The topological polar surface area (TPSA) is 59.3 Å². The molecular formula is C12H10F2INO3. The first-order valence-corrected chi connectivity index (χ1v) is 6.39. The summed E-state index contributed by atoms with van der Waals surface area (Å²) in [4.78, 5) is 11.4. The number of nitriles is 1. The summed E-state index contributed by atoms with van der Waals surface area (Å²) in [6.07, 6.45) is -0.0181. The molecule has 0 bridgehead atoms. The maximum Gasteiger partial charge on any atom is 0.387 e. The van der Waals surface area contributed by atoms with Crippen molar-refractivity contribution in [3.05, 3.63) is 26.8 Å². The number of benzene rings is 1. The molecule has 102 valence electrons. The maximum absolute atomic E-state index is 12.2.